The molecule has 0 aliphatic heterocycles. The summed E-state index contributed by atoms with van der Waals surface area (Å²) in [6.45, 7) is 0. The Balaban J connectivity index is 2.41. The predicted octanol–water partition coefficient (Wildman–Crippen LogP) is 3.11. The first kappa shape index (κ1) is 9.34. The van der Waals surface area contributed by atoms with Crippen molar-refractivity contribution in [2.75, 3.05) is 5.32 Å². The van der Waals surface area contributed by atoms with Crippen LogP contribution in [0.3, 0.4) is 0 Å². The first-order valence-corrected chi connectivity index (χ1v) is 5.00. The number of nitrogens with one attached hydrogen (secondary N) is 1. The summed E-state index contributed by atoms with van der Waals surface area (Å²) in [6, 6.07) is 5.90. The zero-order chi connectivity index (χ0) is 9.97. The van der Waals surface area contributed by atoms with Crippen LogP contribution in [0.2, 0.25) is 0 Å². The van der Waals surface area contributed by atoms with Crippen LogP contribution in [0.4, 0.5) is 10.5 Å². The van der Waals surface area contributed by atoms with Crippen molar-refractivity contribution in [3.8, 4) is 0 Å². The van der Waals surface area contributed by atoms with Gasteiger partial charge in [-0.1, -0.05) is 36.9 Å². The van der Waals surface area contributed by atoms with E-state index in [0.717, 1.165) is 18.5 Å². The van der Waals surface area contributed by atoms with Gasteiger partial charge in [-0.05, 0) is 30.0 Å². The quantitative estimate of drug-likeness (QED) is 0.678. The Morgan fingerprint density at radius 1 is 1.43 bits per heavy atom. The number of benzene rings is 1. The Bertz CT molecular complexity index is 398. The van der Waals surface area contributed by atoms with Gasteiger partial charge in [-0.3, -0.25) is 4.79 Å². The van der Waals surface area contributed by atoms with Crippen LogP contribution >= 0.6 is 12.6 Å². The minimum absolute atomic E-state index is 0.312. The summed E-state index contributed by atoms with van der Waals surface area (Å²) in [7, 11) is 0. The van der Waals surface area contributed by atoms with Gasteiger partial charge in [0.25, 0.3) is 5.24 Å². The molecular weight excluding hydrogens is 194 g/mol. The summed E-state index contributed by atoms with van der Waals surface area (Å²) in [6.07, 6.45) is 6.25. The number of thiol groups is 1. The summed E-state index contributed by atoms with van der Waals surface area (Å²) in [4.78, 5) is 10.8. The molecule has 0 bridgehead atoms. The fraction of sp³-hybridized carbons (Fsp3) is 0.182. The predicted molar refractivity (Wildman–Crippen MR) is 61.8 cm³/mol. The van der Waals surface area contributed by atoms with Gasteiger partial charge in [0.05, 0.1) is 0 Å². The smallest absolute Gasteiger partial charge is 0.280 e. The lowest BCUT2D eigenvalue weighted by Gasteiger charge is -2.14. The number of allylic oxidation sites excluding steroid dienone is 1. The average molecular weight is 205 g/mol. The van der Waals surface area contributed by atoms with E-state index in [-0.39, 0.29) is 5.24 Å². The van der Waals surface area contributed by atoms with Gasteiger partial charge in [-0.25, -0.2) is 0 Å². The highest BCUT2D eigenvalue weighted by Crippen LogP contribution is 2.26. The summed E-state index contributed by atoms with van der Waals surface area (Å²) in [5.41, 5.74) is 3.28. The van der Waals surface area contributed by atoms with Gasteiger partial charge in [0.2, 0.25) is 0 Å². The second-order valence-corrected chi connectivity index (χ2v) is 3.65. The third-order valence-corrected chi connectivity index (χ3v) is 2.42. The van der Waals surface area contributed by atoms with Crippen molar-refractivity contribution in [2.45, 2.75) is 12.8 Å². The van der Waals surface area contributed by atoms with Crippen molar-refractivity contribution < 1.29 is 4.79 Å². The molecule has 14 heavy (non-hydrogen) atoms. The molecule has 1 aliphatic carbocycles. The van der Waals surface area contributed by atoms with Crippen LogP contribution in [-0.4, -0.2) is 5.24 Å². The Labute approximate surface area is 88.4 Å². The molecule has 2 nitrogen and oxygen atoms in total. The molecule has 0 radical (unpaired) electrons. The summed E-state index contributed by atoms with van der Waals surface area (Å²) in [5.74, 6) is 0. The van der Waals surface area contributed by atoms with E-state index >= 15 is 0 Å². The second kappa shape index (κ2) is 3.88. The Kier molecular flexibility index (Phi) is 2.59. The highest BCUT2D eigenvalue weighted by atomic mass is 32.1. The van der Waals surface area contributed by atoms with E-state index in [2.05, 4.69) is 36.2 Å². The number of anilines is 1. The molecule has 1 N–H and O–H groups in total. The van der Waals surface area contributed by atoms with E-state index in [1.54, 1.807) is 0 Å². The van der Waals surface area contributed by atoms with Crippen molar-refractivity contribution in [1.29, 1.82) is 0 Å². The van der Waals surface area contributed by atoms with E-state index in [1.165, 1.54) is 11.1 Å². The summed E-state index contributed by atoms with van der Waals surface area (Å²) >= 11 is 3.71. The minimum Gasteiger partial charge on any atom is -0.317 e. The molecule has 1 aliphatic rings. The molecular formula is C11H11NOS. The first-order valence-electron chi connectivity index (χ1n) is 4.56. The highest BCUT2D eigenvalue weighted by molar-refractivity contribution is 7.96. The SMILES string of the molecule is O=C(S)Nc1cccc2c1CCC=C2. The molecule has 0 saturated heterocycles. The molecule has 0 aromatic heterocycles. The van der Waals surface area contributed by atoms with Crippen LogP contribution in [-0.2, 0) is 6.42 Å². The number of amides is 1. The largest absolute Gasteiger partial charge is 0.317 e. The number of carbonyl (C=O) groups is 1. The number of hydrogen-bond donors (Lipinski definition) is 2. The molecule has 1 amide bonds. The lowest BCUT2D eigenvalue weighted by atomic mass is 9.96. The maximum Gasteiger partial charge on any atom is 0.280 e. The van der Waals surface area contributed by atoms with Crippen LogP contribution < -0.4 is 5.32 Å². The monoisotopic (exact) mass is 205 g/mol. The molecule has 0 spiro atoms. The normalized spacial score (nSPS) is 13.5. The molecule has 3 heteroatoms. The molecule has 1 aromatic carbocycles. The van der Waals surface area contributed by atoms with Gasteiger partial charge < -0.3 is 5.32 Å². The number of rotatable bonds is 1. The zero-order valence-electron chi connectivity index (χ0n) is 7.66. The molecule has 2 rings (SSSR count). The van der Waals surface area contributed by atoms with Crippen molar-refractivity contribution in [3.05, 3.63) is 35.4 Å². The van der Waals surface area contributed by atoms with Gasteiger partial charge in [0.1, 0.15) is 0 Å². The molecule has 0 atom stereocenters. The Morgan fingerprint density at radius 3 is 3.07 bits per heavy atom. The molecule has 0 saturated carbocycles. The number of hydrogen-bond acceptors (Lipinski definition) is 1. The third-order valence-electron chi connectivity index (χ3n) is 2.31. The van der Waals surface area contributed by atoms with Crippen LogP contribution in [0.5, 0.6) is 0 Å². The van der Waals surface area contributed by atoms with Crippen molar-refractivity contribution in [1.82, 2.24) is 0 Å². The van der Waals surface area contributed by atoms with Crippen LogP contribution in [0.1, 0.15) is 17.5 Å². The van der Waals surface area contributed by atoms with Crippen molar-refractivity contribution in [3.63, 3.8) is 0 Å². The van der Waals surface area contributed by atoms with Gasteiger partial charge in [-0.2, -0.15) is 0 Å². The van der Waals surface area contributed by atoms with Crippen molar-refractivity contribution >= 4 is 29.6 Å². The molecule has 0 heterocycles. The van der Waals surface area contributed by atoms with E-state index in [0.29, 0.717) is 0 Å². The lowest BCUT2D eigenvalue weighted by molar-refractivity contribution is 0.270. The van der Waals surface area contributed by atoms with Crippen LogP contribution in [0.15, 0.2) is 24.3 Å². The Hall–Kier alpha value is -1.22. The van der Waals surface area contributed by atoms with E-state index in [1.807, 2.05) is 12.1 Å². The van der Waals surface area contributed by atoms with Gasteiger partial charge in [0, 0.05) is 5.69 Å². The lowest BCUT2D eigenvalue weighted by Crippen LogP contribution is -2.06. The number of carbonyl (C=O) groups excluding carboxylic acids is 1. The molecule has 72 valence electrons. The summed E-state index contributed by atoms with van der Waals surface area (Å²) in [5, 5.41) is 2.41. The maximum atomic E-state index is 10.8. The minimum atomic E-state index is -0.312. The standard InChI is InChI=1S/C11H11NOS/c13-11(14)12-10-7-3-5-8-4-1-2-6-9(8)10/h1,3-5,7H,2,6H2,(H2,12,13,14). The van der Waals surface area contributed by atoms with E-state index in [9.17, 15) is 4.79 Å². The van der Waals surface area contributed by atoms with Crippen LogP contribution in [0, 0.1) is 0 Å². The molecule has 0 unspecified atom stereocenters. The van der Waals surface area contributed by atoms with E-state index in [4.69, 9.17) is 0 Å². The topological polar surface area (TPSA) is 29.1 Å². The van der Waals surface area contributed by atoms with Gasteiger partial charge in [-0.15, -0.1) is 0 Å². The zero-order valence-corrected chi connectivity index (χ0v) is 8.55. The van der Waals surface area contributed by atoms with Crippen molar-refractivity contribution in [2.24, 2.45) is 0 Å². The van der Waals surface area contributed by atoms with Gasteiger partial charge in [0.15, 0.2) is 0 Å². The average Bonchev–Trinajstić information content (AvgIpc) is 2.18. The third kappa shape index (κ3) is 1.82. The summed E-state index contributed by atoms with van der Waals surface area (Å²) < 4.78 is 0. The molecule has 1 aromatic rings. The maximum absolute atomic E-state index is 10.8. The van der Waals surface area contributed by atoms with Crippen LogP contribution in [0.25, 0.3) is 6.08 Å². The first-order chi connectivity index (χ1) is 6.77. The fourth-order valence-electron chi connectivity index (χ4n) is 1.71. The number of fused-ring (bicyclic) bond motifs is 1. The highest BCUT2D eigenvalue weighted by Gasteiger charge is 2.09. The second-order valence-electron chi connectivity index (χ2n) is 3.24. The fourth-order valence-corrected chi connectivity index (χ4v) is 1.83. The van der Waals surface area contributed by atoms with E-state index < -0.39 is 0 Å². The molecule has 0 fully saturated rings. The Morgan fingerprint density at radius 2 is 2.29 bits per heavy atom. The van der Waals surface area contributed by atoms with Gasteiger partial charge >= 0.3 is 0 Å².